The summed E-state index contributed by atoms with van der Waals surface area (Å²) in [6.45, 7) is 0. The molecule has 0 aliphatic carbocycles. The number of halogens is 5. The summed E-state index contributed by atoms with van der Waals surface area (Å²) >= 11 is 12.8. The second-order valence-corrected chi connectivity index (χ2v) is 7.17. The Bertz CT molecular complexity index is 762. The molecule has 0 heterocycles. The monoisotopic (exact) mass is 406 g/mol. The molecule has 0 aromatic heterocycles. The van der Waals surface area contributed by atoms with Gasteiger partial charge < -0.3 is 4.90 Å². The van der Waals surface area contributed by atoms with Crippen molar-refractivity contribution in [1.82, 2.24) is 4.90 Å². The summed E-state index contributed by atoms with van der Waals surface area (Å²) in [7, 11) is 3.66. The maximum Gasteiger partial charge on any atom is 0.398 e. The van der Waals surface area contributed by atoms with Gasteiger partial charge in [0.2, 0.25) is 0 Å². The first kappa shape index (κ1) is 19.9. The molecule has 8 heteroatoms. The van der Waals surface area contributed by atoms with Crippen molar-refractivity contribution in [1.29, 1.82) is 0 Å². The standard InChI is InChI=1S/C17H15Cl2F3N2S/c1-24(2)16(11-6-4-3-5-7-11)23-14-9-15(13(19)8-12(14)18)25-10-17(20,21)22/h3-9H,10H2,1-2H3. The quantitative estimate of drug-likeness (QED) is 0.336. The minimum Gasteiger partial charge on any atom is -0.362 e. The van der Waals surface area contributed by atoms with E-state index in [1.807, 2.05) is 49.3 Å². The summed E-state index contributed by atoms with van der Waals surface area (Å²) in [5.74, 6) is -0.395. The van der Waals surface area contributed by atoms with E-state index in [9.17, 15) is 13.2 Å². The molecule has 0 amide bonds. The Kier molecular flexibility index (Phi) is 6.65. The number of nitrogens with zero attached hydrogens (tertiary/aromatic N) is 2. The molecule has 134 valence electrons. The van der Waals surface area contributed by atoms with Gasteiger partial charge >= 0.3 is 6.18 Å². The fraction of sp³-hybridized carbons (Fsp3) is 0.235. The van der Waals surface area contributed by atoms with Crippen LogP contribution in [0.5, 0.6) is 0 Å². The Morgan fingerprint density at radius 3 is 2.28 bits per heavy atom. The number of hydrogen-bond acceptors (Lipinski definition) is 2. The van der Waals surface area contributed by atoms with Crippen LogP contribution in [0.15, 0.2) is 52.4 Å². The lowest BCUT2D eigenvalue weighted by atomic mass is 10.2. The number of thioether (sulfide) groups is 1. The molecule has 0 aliphatic heterocycles. The van der Waals surface area contributed by atoms with Crippen LogP contribution in [-0.2, 0) is 0 Å². The lowest BCUT2D eigenvalue weighted by Crippen LogP contribution is -2.22. The molecule has 0 atom stereocenters. The molecule has 0 radical (unpaired) electrons. The number of aliphatic imine (C=N–C) groups is 1. The van der Waals surface area contributed by atoms with E-state index in [-0.39, 0.29) is 14.9 Å². The normalized spacial score (nSPS) is 12.4. The van der Waals surface area contributed by atoms with Gasteiger partial charge in [-0.05, 0) is 12.1 Å². The van der Waals surface area contributed by atoms with Crippen LogP contribution in [0.3, 0.4) is 0 Å². The molecule has 2 nitrogen and oxygen atoms in total. The fourth-order valence-corrected chi connectivity index (χ4v) is 3.30. The van der Waals surface area contributed by atoms with Crippen molar-refractivity contribution >= 4 is 46.5 Å². The first-order chi connectivity index (χ1) is 11.7. The van der Waals surface area contributed by atoms with E-state index in [0.717, 1.165) is 5.56 Å². The molecule has 2 aromatic rings. The predicted octanol–water partition coefficient (Wildman–Crippen LogP) is 6.29. The van der Waals surface area contributed by atoms with Gasteiger partial charge in [-0.3, -0.25) is 0 Å². The van der Waals surface area contributed by atoms with Crippen molar-refractivity contribution in [3.63, 3.8) is 0 Å². The SMILES string of the molecule is CN(C)C(=Nc1cc(SCC(F)(F)F)c(Cl)cc1Cl)c1ccccc1. The molecule has 0 bridgehead atoms. The van der Waals surface area contributed by atoms with E-state index in [0.29, 0.717) is 23.3 Å². The predicted molar refractivity (Wildman–Crippen MR) is 99.6 cm³/mol. The van der Waals surface area contributed by atoms with Crippen molar-refractivity contribution in [2.75, 3.05) is 19.8 Å². The molecular formula is C17H15Cl2F3N2S. The van der Waals surface area contributed by atoms with E-state index >= 15 is 0 Å². The van der Waals surface area contributed by atoms with Crippen molar-refractivity contribution in [3.05, 3.63) is 58.1 Å². The molecule has 2 rings (SSSR count). The Balaban J connectivity index is 2.43. The van der Waals surface area contributed by atoms with Crippen LogP contribution < -0.4 is 0 Å². The summed E-state index contributed by atoms with van der Waals surface area (Å²) < 4.78 is 37.4. The van der Waals surface area contributed by atoms with E-state index in [2.05, 4.69) is 4.99 Å². The van der Waals surface area contributed by atoms with Gasteiger partial charge in [0.05, 0.1) is 21.5 Å². The fourth-order valence-electron chi connectivity index (χ4n) is 2.00. The van der Waals surface area contributed by atoms with Crippen LogP contribution in [0.1, 0.15) is 5.56 Å². The van der Waals surface area contributed by atoms with Gasteiger partial charge in [0.25, 0.3) is 0 Å². The highest BCUT2D eigenvalue weighted by Gasteiger charge is 2.28. The van der Waals surface area contributed by atoms with Crippen LogP contribution in [0, 0.1) is 0 Å². The van der Waals surface area contributed by atoms with Gasteiger partial charge in [-0.15, -0.1) is 11.8 Å². The molecule has 2 aromatic carbocycles. The largest absolute Gasteiger partial charge is 0.398 e. The molecule has 0 unspecified atom stereocenters. The third kappa shape index (κ3) is 5.83. The zero-order chi connectivity index (χ0) is 18.6. The van der Waals surface area contributed by atoms with Crippen molar-refractivity contribution in [3.8, 4) is 0 Å². The lowest BCUT2D eigenvalue weighted by molar-refractivity contribution is -0.105. The number of hydrogen-bond donors (Lipinski definition) is 0. The van der Waals surface area contributed by atoms with Crippen LogP contribution >= 0.6 is 35.0 Å². The maximum absolute atomic E-state index is 12.5. The summed E-state index contributed by atoms with van der Waals surface area (Å²) in [6.07, 6.45) is -4.28. The summed E-state index contributed by atoms with van der Waals surface area (Å²) in [4.78, 5) is 6.63. The molecule has 25 heavy (non-hydrogen) atoms. The number of alkyl halides is 3. The minimum atomic E-state index is -4.28. The van der Waals surface area contributed by atoms with Crippen molar-refractivity contribution in [2.45, 2.75) is 11.1 Å². The zero-order valence-electron chi connectivity index (χ0n) is 13.4. The third-order valence-electron chi connectivity index (χ3n) is 3.07. The van der Waals surface area contributed by atoms with Gasteiger partial charge in [-0.1, -0.05) is 53.5 Å². The van der Waals surface area contributed by atoms with E-state index in [4.69, 9.17) is 23.2 Å². The molecule has 0 aliphatic rings. The Morgan fingerprint density at radius 1 is 1.08 bits per heavy atom. The average molecular weight is 407 g/mol. The highest BCUT2D eigenvalue weighted by atomic mass is 35.5. The molecule has 0 fully saturated rings. The maximum atomic E-state index is 12.5. The van der Waals surface area contributed by atoms with Gasteiger partial charge in [0, 0.05) is 24.6 Å². The smallest absolute Gasteiger partial charge is 0.362 e. The van der Waals surface area contributed by atoms with Gasteiger partial charge in [0.1, 0.15) is 5.84 Å². The Labute approximate surface area is 158 Å². The minimum absolute atomic E-state index is 0.171. The Morgan fingerprint density at radius 2 is 1.72 bits per heavy atom. The number of benzene rings is 2. The second-order valence-electron chi connectivity index (χ2n) is 5.33. The Hall–Kier alpha value is -1.37. The third-order valence-corrected chi connectivity index (χ3v) is 4.92. The molecule has 0 N–H and O–H groups in total. The van der Waals surface area contributed by atoms with Crippen LogP contribution in [-0.4, -0.2) is 36.8 Å². The van der Waals surface area contributed by atoms with Crippen LogP contribution in [0.4, 0.5) is 18.9 Å². The molecule has 0 spiro atoms. The van der Waals surface area contributed by atoms with Gasteiger partial charge in [-0.2, -0.15) is 13.2 Å². The summed E-state index contributed by atoms with van der Waals surface area (Å²) in [6, 6.07) is 12.3. The van der Waals surface area contributed by atoms with E-state index in [1.54, 1.807) is 0 Å². The van der Waals surface area contributed by atoms with Crippen LogP contribution in [0.25, 0.3) is 0 Å². The zero-order valence-corrected chi connectivity index (χ0v) is 15.8. The van der Waals surface area contributed by atoms with E-state index in [1.165, 1.54) is 12.1 Å². The van der Waals surface area contributed by atoms with E-state index < -0.39 is 11.9 Å². The number of rotatable bonds is 4. The van der Waals surface area contributed by atoms with Crippen molar-refractivity contribution in [2.24, 2.45) is 4.99 Å². The summed E-state index contributed by atoms with van der Waals surface area (Å²) in [5.41, 5.74) is 1.23. The van der Waals surface area contributed by atoms with Crippen LogP contribution in [0.2, 0.25) is 10.0 Å². The first-order valence-electron chi connectivity index (χ1n) is 7.17. The second kappa shape index (κ2) is 8.34. The average Bonchev–Trinajstić information content (AvgIpc) is 2.52. The molecular weight excluding hydrogens is 392 g/mol. The topological polar surface area (TPSA) is 15.6 Å². The first-order valence-corrected chi connectivity index (χ1v) is 8.91. The van der Waals surface area contributed by atoms with Gasteiger partial charge in [0.15, 0.2) is 0 Å². The lowest BCUT2D eigenvalue weighted by Gasteiger charge is -2.17. The number of amidine groups is 1. The summed E-state index contributed by atoms with van der Waals surface area (Å²) in [5, 5.41) is 0.445. The van der Waals surface area contributed by atoms with Gasteiger partial charge in [-0.25, -0.2) is 4.99 Å². The highest BCUT2D eigenvalue weighted by Crippen LogP contribution is 2.38. The van der Waals surface area contributed by atoms with Crippen molar-refractivity contribution < 1.29 is 13.2 Å². The highest BCUT2D eigenvalue weighted by molar-refractivity contribution is 7.99. The molecule has 0 saturated heterocycles. The molecule has 0 saturated carbocycles.